The molecule has 11 nitrogen and oxygen atoms in total. The summed E-state index contributed by atoms with van der Waals surface area (Å²) in [5.41, 5.74) is 2.04. The van der Waals surface area contributed by atoms with E-state index < -0.39 is 28.7 Å². The van der Waals surface area contributed by atoms with Gasteiger partial charge in [0, 0.05) is 76.1 Å². The van der Waals surface area contributed by atoms with E-state index in [1.54, 1.807) is 32.5 Å². The summed E-state index contributed by atoms with van der Waals surface area (Å²) in [5.74, 6) is -3.05. The van der Waals surface area contributed by atoms with E-state index in [2.05, 4.69) is 30.1 Å². The summed E-state index contributed by atoms with van der Waals surface area (Å²) in [5, 5.41) is 12.9. The number of halogens is 2. The van der Waals surface area contributed by atoms with Crippen LogP contribution in [0.2, 0.25) is 0 Å². The zero-order valence-electron chi connectivity index (χ0n) is 23.9. The molecule has 5 heterocycles. The van der Waals surface area contributed by atoms with E-state index in [1.165, 1.54) is 10.6 Å². The third-order valence-electron chi connectivity index (χ3n) is 8.13. The van der Waals surface area contributed by atoms with Crippen molar-refractivity contribution in [3.8, 4) is 11.1 Å². The number of aromatic nitrogens is 4. The Morgan fingerprint density at radius 2 is 2.07 bits per heavy atom. The van der Waals surface area contributed by atoms with E-state index in [0.717, 1.165) is 31.8 Å². The molecule has 1 atom stereocenters. The first-order valence-electron chi connectivity index (χ1n) is 13.9. The third kappa shape index (κ3) is 4.93. The molecule has 6 rings (SSSR count). The molecule has 0 bridgehead atoms. The number of likely N-dealkylation sites (N-methyl/N-ethyl adjacent to an activating group) is 1. The molecule has 0 radical (unpaired) electrons. The third-order valence-corrected chi connectivity index (χ3v) is 8.13. The number of H-pyrrole nitrogens is 1. The van der Waals surface area contributed by atoms with Crippen LogP contribution in [-0.2, 0) is 4.74 Å². The van der Waals surface area contributed by atoms with Crippen LogP contribution in [0.3, 0.4) is 0 Å². The van der Waals surface area contributed by atoms with Crippen molar-refractivity contribution in [2.45, 2.75) is 6.42 Å². The average Bonchev–Trinajstić information content (AvgIpc) is 3.62. The number of fused-ring (bicyclic) bond motifs is 4. The lowest BCUT2D eigenvalue weighted by atomic mass is 10.0. The van der Waals surface area contributed by atoms with Crippen molar-refractivity contribution in [2.75, 3.05) is 64.2 Å². The standard InChI is InChI=1S/C30H31F2N7O4/c1-33-21-10-20(31)25(32)23-24-27(38-7-6-16(14-38)13-37(2)8-9-43-3)18(11-35-28(24)36-26(21)23)17-4-5-22-34-12-19(30(41)42)29(40)39(22)15-17/h4-5,10-12,15-16,33H,6-9,13-14H2,1-3H3,(H,35,36)(H,41,42). The van der Waals surface area contributed by atoms with Gasteiger partial charge in [0.15, 0.2) is 11.6 Å². The fraction of sp³-hybridized carbons (Fsp3) is 0.333. The maximum atomic E-state index is 15.6. The molecule has 3 N–H and O–H groups in total. The predicted molar refractivity (Wildman–Crippen MR) is 160 cm³/mol. The van der Waals surface area contributed by atoms with E-state index in [-0.39, 0.29) is 11.0 Å². The Balaban J connectivity index is 1.57. The van der Waals surface area contributed by atoms with E-state index in [4.69, 9.17) is 4.74 Å². The highest BCUT2D eigenvalue weighted by atomic mass is 19.2. The summed E-state index contributed by atoms with van der Waals surface area (Å²) < 4.78 is 36.9. The molecule has 1 aliphatic heterocycles. The zero-order chi connectivity index (χ0) is 30.4. The van der Waals surface area contributed by atoms with Crippen molar-refractivity contribution in [1.29, 1.82) is 0 Å². The molecule has 0 amide bonds. The molecule has 224 valence electrons. The fourth-order valence-electron chi connectivity index (χ4n) is 6.03. The van der Waals surface area contributed by atoms with Gasteiger partial charge in [0.2, 0.25) is 0 Å². The number of rotatable bonds is 9. The summed E-state index contributed by atoms with van der Waals surface area (Å²) in [6, 6.07) is 4.48. The molecule has 1 fully saturated rings. The minimum atomic E-state index is -1.38. The highest BCUT2D eigenvalue weighted by molar-refractivity contribution is 6.18. The first-order chi connectivity index (χ1) is 20.7. The van der Waals surface area contributed by atoms with Crippen LogP contribution < -0.4 is 15.8 Å². The van der Waals surface area contributed by atoms with E-state index in [9.17, 15) is 19.1 Å². The largest absolute Gasteiger partial charge is 0.477 e. The minimum Gasteiger partial charge on any atom is -0.477 e. The second-order valence-electron chi connectivity index (χ2n) is 10.9. The number of carboxylic acid groups (broad SMARTS) is 1. The highest BCUT2D eigenvalue weighted by Crippen LogP contribution is 2.44. The molecule has 0 aliphatic carbocycles. The number of pyridine rings is 2. The number of hydrogen-bond acceptors (Lipinski definition) is 8. The van der Waals surface area contributed by atoms with Crippen LogP contribution in [0.15, 0.2) is 41.6 Å². The Morgan fingerprint density at radius 3 is 2.81 bits per heavy atom. The van der Waals surface area contributed by atoms with Gasteiger partial charge in [0.05, 0.1) is 34.3 Å². The van der Waals surface area contributed by atoms with Crippen LogP contribution >= 0.6 is 0 Å². The first kappa shape index (κ1) is 28.5. The number of methoxy groups -OCH3 is 1. The molecule has 0 saturated carbocycles. The average molecular weight is 592 g/mol. The van der Waals surface area contributed by atoms with Crippen molar-refractivity contribution in [1.82, 2.24) is 24.3 Å². The zero-order valence-corrected chi connectivity index (χ0v) is 23.9. The fourth-order valence-corrected chi connectivity index (χ4v) is 6.03. The van der Waals surface area contributed by atoms with E-state index >= 15 is 4.39 Å². The van der Waals surface area contributed by atoms with Gasteiger partial charge in [-0.25, -0.2) is 23.5 Å². The van der Waals surface area contributed by atoms with Gasteiger partial charge in [-0.15, -0.1) is 0 Å². The Kier molecular flexibility index (Phi) is 7.44. The highest BCUT2D eigenvalue weighted by Gasteiger charge is 2.30. The van der Waals surface area contributed by atoms with Gasteiger partial charge in [-0.1, -0.05) is 0 Å². The first-order valence-corrected chi connectivity index (χ1v) is 13.9. The van der Waals surface area contributed by atoms with Crippen LogP contribution in [0.5, 0.6) is 0 Å². The van der Waals surface area contributed by atoms with E-state index in [0.29, 0.717) is 64.7 Å². The number of nitrogens with zero attached hydrogens (tertiary/aromatic N) is 5. The molecular formula is C30H31F2N7O4. The van der Waals surface area contributed by atoms with Crippen LogP contribution in [0.4, 0.5) is 20.2 Å². The van der Waals surface area contributed by atoms with Gasteiger partial charge in [0.25, 0.3) is 5.56 Å². The Labute approximate surface area is 244 Å². The second-order valence-corrected chi connectivity index (χ2v) is 10.9. The molecule has 4 aromatic heterocycles. The maximum Gasteiger partial charge on any atom is 0.342 e. The van der Waals surface area contributed by atoms with Crippen LogP contribution in [0.25, 0.3) is 38.7 Å². The van der Waals surface area contributed by atoms with Gasteiger partial charge in [-0.2, -0.15) is 0 Å². The number of hydrogen-bond donors (Lipinski definition) is 3. The molecule has 13 heteroatoms. The van der Waals surface area contributed by atoms with Crippen molar-refractivity contribution >= 4 is 44.9 Å². The Hall–Kier alpha value is -4.62. The summed E-state index contributed by atoms with van der Waals surface area (Å²) in [6.45, 7) is 3.56. The van der Waals surface area contributed by atoms with Crippen LogP contribution in [-0.4, -0.2) is 89.3 Å². The smallest absolute Gasteiger partial charge is 0.342 e. The van der Waals surface area contributed by atoms with Crippen molar-refractivity contribution in [3.05, 3.63) is 64.3 Å². The second kappa shape index (κ2) is 11.2. The lowest BCUT2D eigenvalue weighted by Gasteiger charge is -2.25. The SMILES string of the molecule is CNc1cc(F)c(F)c2c1[nH]c1ncc(-c3ccc4ncc(C(=O)O)c(=O)n4c3)c(N3CCC(CN(C)CCOC)C3)c12. The molecule has 43 heavy (non-hydrogen) atoms. The lowest BCUT2D eigenvalue weighted by molar-refractivity contribution is 0.0694. The molecule has 1 unspecified atom stereocenters. The van der Waals surface area contributed by atoms with Crippen LogP contribution in [0, 0.1) is 17.6 Å². The number of aromatic amines is 1. The van der Waals surface area contributed by atoms with E-state index in [1.807, 2.05) is 7.05 Å². The number of carbonyl (C=O) groups is 1. The van der Waals surface area contributed by atoms with Crippen molar-refractivity contribution in [3.63, 3.8) is 0 Å². The van der Waals surface area contributed by atoms with Gasteiger partial charge in [-0.05, 0) is 31.5 Å². The number of aromatic carboxylic acids is 1. The van der Waals surface area contributed by atoms with Gasteiger partial charge in [0.1, 0.15) is 16.9 Å². The van der Waals surface area contributed by atoms with Crippen molar-refractivity contribution in [2.24, 2.45) is 5.92 Å². The van der Waals surface area contributed by atoms with Gasteiger partial charge in [-0.3, -0.25) is 9.20 Å². The number of nitrogens with one attached hydrogen (secondary N) is 2. The summed E-state index contributed by atoms with van der Waals surface area (Å²) in [4.78, 5) is 40.9. The van der Waals surface area contributed by atoms with Crippen LogP contribution in [0.1, 0.15) is 16.8 Å². The quantitative estimate of drug-likeness (QED) is 0.234. The monoisotopic (exact) mass is 591 g/mol. The van der Waals surface area contributed by atoms with Gasteiger partial charge >= 0.3 is 5.97 Å². The molecule has 0 spiro atoms. The molecule has 1 aromatic carbocycles. The van der Waals surface area contributed by atoms with Crippen molar-refractivity contribution < 1.29 is 23.4 Å². The molecule has 5 aromatic rings. The number of anilines is 2. The predicted octanol–water partition coefficient (Wildman–Crippen LogP) is 3.81. The normalized spacial score (nSPS) is 15.4. The summed E-state index contributed by atoms with van der Waals surface area (Å²) in [7, 11) is 5.35. The Bertz CT molecular complexity index is 1940. The molecule has 1 aliphatic rings. The maximum absolute atomic E-state index is 15.6. The number of carboxylic acids is 1. The summed E-state index contributed by atoms with van der Waals surface area (Å²) >= 11 is 0. The van der Waals surface area contributed by atoms with Gasteiger partial charge < -0.3 is 29.9 Å². The number of ether oxygens (including phenoxy) is 1. The summed E-state index contributed by atoms with van der Waals surface area (Å²) in [6.07, 6.45) is 5.07. The minimum absolute atomic E-state index is 0.0807. The Morgan fingerprint density at radius 1 is 1.26 bits per heavy atom. The number of benzene rings is 1. The molecule has 1 saturated heterocycles. The molecular weight excluding hydrogens is 560 g/mol. The topological polar surface area (TPSA) is 128 Å². The lowest BCUT2D eigenvalue weighted by Crippen LogP contribution is -2.30.